The summed E-state index contributed by atoms with van der Waals surface area (Å²) < 4.78 is 9.04. The van der Waals surface area contributed by atoms with Gasteiger partial charge in [-0.25, -0.2) is 15.0 Å². The van der Waals surface area contributed by atoms with Crippen LogP contribution in [-0.4, -0.2) is 19.5 Å². The second-order valence-corrected chi connectivity index (χ2v) is 18.3. The Morgan fingerprint density at radius 2 is 0.792 bits per heavy atom. The number of fused-ring (bicyclic) bond motifs is 7. The molecule has 0 aliphatic heterocycles. The van der Waals surface area contributed by atoms with Crippen LogP contribution in [0.1, 0.15) is 0 Å². The summed E-state index contributed by atoms with van der Waals surface area (Å²) >= 11 is 0. The molecule has 0 bridgehead atoms. The molecule has 0 saturated heterocycles. The van der Waals surface area contributed by atoms with Gasteiger partial charge in [-0.1, -0.05) is 200 Å². The van der Waals surface area contributed by atoms with E-state index in [1.54, 1.807) is 0 Å². The average Bonchev–Trinajstić information content (AvgIpc) is 4.00. The molecule has 14 rings (SSSR count). The fourth-order valence-electron chi connectivity index (χ4n) is 10.7. The zero-order chi connectivity index (χ0) is 47.5. The van der Waals surface area contributed by atoms with Crippen LogP contribution in [0.2, 0.25) is 0 Å². The minimum absolute atomic E-state index is 0.568. The standard InChI is InChI=1S/C67H42N4O/c1-4-19-43(20-5-1)50-27-12-14-30-55(50)66-68-65(69-67(70-66)56-31-15-13-28-51(56)44-21-6-2-7-22-44)49-36-38-59(57(40-49)48-35-37-54-53-29-16-17-34-62(53)72-63(54)42-48)71-60-33-18-32-52(45-23-8-3-9-24-45)64(60)58-39-46-25-10-11-26-47(46)41-61(58)71/h1-42H. The van der Waals surface area contributed by atoms with Crippen LogP contribution in [0.5, 0.6) is 0 Å². The zero-order valence-electron chi connectivity index (χ0n) is 38.9. The van der Waals surface area contributed by atoms with Crippen LogP contribution >= 0.6 is 0 Å². The lowest BCUT2D eigenvalue weighted by molar-refractivity contribution is 0.669. The van der Waals surface area contributed by atoms with Gasteiger partial charge in [-0.15, -0.1) is 0 Å². The molecule has 0 radical (unpaired) electrons. The molecular weight excluding hydrogens is 877 g/mol. The van der Waals surface area contributed by atoms with Gasteiger partial charge in [0.2, 0.25) is 0 Å². The lowest BCUT2D eigenvalue weighted by Gasteiger charge is -2.17. The van der Waals surface area contributed by atoms with E-state index in [1.807, 2.05) is 24.3 Å². The molecule has 14 aromatic rings. The van der Waals surface area contributed by atoms with Gasteiger partial charge in [-0.05, 0) is 104 Å². The van der Waals surface area contributed by atoms with Crippen molar-refractivity contribution in [1.29, 1.82) is 0 Å². The van der Waals surface area contributed by atoms with Gasteiger partial charge in [0.1, 0.15) is 11.2 Å². The molecule has 5 nitrogen and oxygen atoms in total. The van der Waals surface area contributed by atoms with E-state index in [0.29, 0.717) is 17.5 Å². The molecule has 11 aromatic carbocycles. The number of rotatable bonds is 8. The van der Waals surface area contributed by atoms with Crippen molar-refractivity contribution in [2.75, 3.05) is 0 Å². The van der Waals surface area contributed by atoms with Crippen LogP contribution in [0.25, 0.3) is 139 Å². The molecular formula is C67H42N4O. The largest absolute Gasteiger partial charge is 0.456 e. The minimum Gasteiger partial charge on any atom is -0.456 e. The highest BCUT2D eigenvalue weighted by Crippen LogP contribution is 2.44. The third kappa shape index (κ3) is 6.98. The second kappa shape index (κ2) is 17.1. The molecule has 0 fully saturated rings. The Kier molecular flexibility index (Phi) is 9.78. The predicted octanol–water partition coefficient (Wildman–Crippen LogP) is 17.7. The summed E-state index contributed by atoms with van der Waals surface area (Å²) in [6.45, 7) is 0. The van der Waals surface area contributed by atoms with Gasteiger partial charge in [0.15, 0.2) is 17.5 Å². The average molecular weight is 919 g/mol. The smallest absolute Gasteiger partial charge is 0.164 e. The van der Waals surface area contributed by atoms with E-state index in [4.69, 9.17) is 19.4 Å². The van der Waals surface area contributed by atoms with Gasteiger partial charge in [0.05, 0.1) is 16.7 Å². The van der Waals surface area contributed by atoms with Crippen molar-refractivity contribution in [3.05, 3.63) is 255 Å². The number of para-hydroxylation sites is 1. The fourth-order valence-corrected chi connectivity index (χ4v) is 10.7. The molecule has 0 spiro atoms. The van der Waals surface area contributed by atoms with E-state index in [9.17, 15) is 0 Å². The highest BCUT2D eigenvalue weighted by Gasteiger charge is 2.23. The molecule has 0 amide bonds. The van der Waals surface area contributed by atoms with Crippen LogP contribution in [-0.2, 0) is 0 Å². The van der Waals surface area contributed by atoms with Crippen LogP contribution in [0, 0.1) is 0 Å². The van der Waals surface area contributed by atoms with Crippen LogP contribution in [0.4, 0.5) is 0 Å². The number of hydrogen-bond donors (Lipinski definition) is 0. The normalized spacial score (nSPS) is 11.6. The monoisotopic (exact) mass is 918 g/mol. The maximum atomic E-state index is 6.60. The molecule has 0 N–H and O–H groups in total. The third-order valence-electron chi connectivity index (χ3n) is 14.1. The van der Waals surface area contributed by atoms with Crippen LogP contribution in [0.15, 0.2) is 259 Å². The lowest BCUT2D eigenvalue weighted by Crippen LogP contribution is -2.03. The minimum atomic E-state index is 0.568. The summed E-state index contributed by atoms with van der Waals surface area (Å²) in [5.74, 6) is 1.75. The van der Waals surface area contributed by atoms with E-state index in [1.165, 1.54) is 32.7 Å². The summed E-state index contributed by atoms with van der Waals surface area (Å²) in [6, 6.07) is 90.0. The van der Waals surface area contributed by atoms with Crippen molar-refractivity contribution >= 4 is 54.5 Å². The Bertz CT molecular complexity index is 4280. The number of benzene rings is 11. The van der Waals surface area contributed by atoms with E-state index in [2.05, 4.69) is 235 Å². The molecule has 72 heavy (non-hydrogen) atoms. The highest BCUT2D eigenvalue weighted by molar-refractivity contribution is 6.19. The number of hydrogen-bond acceptors (Lipinski definition) is 4. The Morgan fingerprint density at radius 3 is 1.46 bits per heavy atom. The maximum absolute atomic E-state index is 6.60. The Labute approximate surface area is 415 Å². The summed E-state index contributed by atoms with van der Waals surface area (Å²) in [5, 5.41) is 6.92. The summed E-state index contributed by atoms with van der Waals surface area (Å²) in [4.78, 5) is 16.2. The number of aromatic nitrogens is 4. The molecule has 336 valence electrons. The molecule has 0 unspecified atom stereocenters. The van der Waals surface area contributed by atoms with E-state index < -0.39 is 0 Å². The first kappa shape index (κ1) is 41.3. The first-order valence-electron chi connectivity index (χ1n) is 24.3. The van der Waals surface area contributed by atoms with Gasteiger partial charge < -0.3 is 8.98 Å². The third-order valence-corrected chi connectivity index (χ3v) is 14.1. The summed E-state index contributed by atoms with van der Waals surface area (Å²) in [5.41, 5.74) is 16.3. The second-order valence-electron chi connectivity index (χ2n) is 18.3. The van der Waals surface area contributed by atoms with E-state index in [0.717, 1.165) is 88.7 Å². The lowest BCUT2D eigenvalue weighted by atomic mass is 9.97. The van der Waals surface area contributed by atoms with Crippen molar-refractivity contribution in [2.24, 2.45) is 0 Å². The highest BCUT2D eigenvalue weighted by atomic mass is 16.3. The van der Waals surface area contributed by atoms with E-state index in [-0.39, 0.29) is 0 Å². The quantitative estimate of drug-likeness (QED) is 0.152. The predicted molar refractivity (Wildman–Crippen MR) is 297 cm³/mol. The van der Waals surface area contributed by atoms with Gasteiger partial charge in [-0.3, -0.25) is 0 Å². The summed E-state index contributed by atoms with van der Waals surface area (Å²) in [7, 11) is 0. The number of nitrogens with zero attached hydrogens (tertiary/aromatic N) is 4. The number of furan rings is 1. The fraction of sp³-hybridized carbons (Fsp3) is 0. The van der Waals surface area contributed by atoms with Crippen molar-refractivity contribution in [2.45, 2.75) is 0 Å². The van der Waals surface area contributed by atoms with Crippen LogP contribution in [0.3, 0.4) is 0 Å². The van der Waals surface area contributed by atoms with Crippen molar-refractivity contribution < 1.29 is 4.42 Å². The van der Waals surface area contributed by atoms with Crippen molar-refractivity contribution in [3.63, 3.8) is 0 Å². The Balaban J connectivity index is 1.06. The molecule has 0 saturated carbocycles. The zero-order valence-corrected chi connectivity index (χ0v) is 38.9. The van der Waals surface area contributed by atoms with Gasteiger partial charge in [0.25, 0.3) is 0 Å². The van der Waals surface area contributed by atoms with Gasteiger partial charge in [0, 0.05) is 43.8 Å². The molecule has 5 heteroatoms. The van der Waals surface area contributed by atoms with Gasteiger partial charge >= 0.3 is 0 Å². The molecule has 0 atom stereocenters. The van der Waals surface area contributed by atoms with Crippen LogP contribution < -0.4 is 0 Å². The first-order chi connectivity index (χ1) is 35.7. The van der Waals surface area contributed by atoms with Crippen molar-refractivity contribution in [1.82, 2.24) is 19.5 Å². The molecule has 0 aliphatic carbocycles. The molecule has 3 heterocycles. The summed E-state index contributed by atoms with van der Waals surface area (Å²) in [6.07, 6.45) is 0. The first-order valence-corrected chi connectivity index (χ1v) is 24.3. The SMILES string of the molecule is c1ccc(-c2ccccc2-c2nc(-c3ccc(-n4c5cc6ccccc6cc5c5c(-c6ccccc6)cccc54)c(-c4ccc5c(c4)oc4ccccc45)c3)nc(-c3ccccc3-c3ccccc3)n2)cc1. The Morgan fingerprint density at radius 1 is 0.278 bits per heavy atom. The van der Waals surface area contributed by atoms with E-state index >= 15 is 0 Å². The topological polar surface area (TPSA) is 56.7 Å². The van der Waals surface area contributed by atoms with Gasteiger partial charge in [-0.2, -0.15) is 0 Å². The maximum Gasteiger partial charge on any atom is 0.164 e. The molecule has 3 aromatic heterocycles. The Hall–Kier alpha value is -9.71. The van der Waals surface area contributed by atoms with Crippen molar-refractivity contribution in [3.8, 4) is 84.4 Å². The molecule has 0 aliphatic rings.